The fourth-order valence-electron chi connectivity index (χ4n) is 2.87. The van der Waals surface area contributed by atoms with Crippen molar-refractivity contribution >= 4 is 22.9 Å². The van der Waals surface area contributed by atoms with Crippen LogP contribution in [-0.2, 0) is 19.1 Å². The van der Waals surface area contributed by atoms with Crippen molar-refractivity contribution in [3.05, 3.63) is 70.3 Å². The number of thioether (sulfide) groups is 1. The fraction of sp³-hybridized carbons (Fsp3) is 0.263. The quantitative estimate of drug-likeness (QED) is 0.614. The van der Waals surface area contributed by atoms with E-state index in [1.54, 1.807) is 0 Å². The van der Waals surface area contributed by atoms with Crippen LogP contribution in [0.4, 0.5) is 26.7 Å². The molecule has 0 aromatic heterocycles. The zero-order valence-electron chi connectivity index (χ0n) is 15.1. The second-order valence-corrected chi connectivity index (χ2v) is 7.75. The van der Waals surface area contributed by atoms with E-state index in [1.165, 1.54) is 12.1 Å². The highest BCUT2D eigenvalue weighted by Gasteiger charge is 2.32. The first-order chi connectivity index (χ1) is 14.0. The maximum atomic E-state index is 14.1. The number of aliphatic hydroxyl groups is 1. The highest BCUT2D eigenvalue weighted by molar-refractivity contribution is 8.14. The zero-order valence-corrected chi connectivity index (χ0v) is 15.9. The van der Waals surface area contributed by atoms with Gasteiger partial charge >= 0.3 is 6.18 Å². The van der Waals surface area contributed by atoms with Crippen LogP contribution >= 0.6 is 11.8 Å². The number of aliphatic hydroxyl groups excluding tert-OH is 1. The van der Waals surface area contributed by atoms with Crippen LogP contribution in [-0.4, -0.2) is 27.7 Å². The van der Waals surface area contributed by atoms with Gasteiger partial charge in [-0.2, -0.15) is 13.2 Å². The first-order valence-electron chi connectivity index (χ1n) is 8.62. The molecule has 2 unspecified atom stereocenters. The SMILES string of the molecule is O=C1NC(O)C(Cc2ccc(F)c(CNC(=O)c3ccc(C(F)(F)F)cc3F)c2)S1. The number of carbonyl (C=O) groups excluding carboxylic acids is 2. The van der Waals surface area contributed by atoms with Crippen molar-refractivity contribution in [1.29, 1.82) is 0 Å². The van der Waals surface area contributed by atoms with Gasteiger partial charge in [-0.25, -0.2) is 8.78 Å². The van der Waals surface area contributed by atoms with Gasteiger partial charge in [0.25, 0.3) is 11.1 Å². The van der Waals surface area contributed by atoms with Crippen LogP contribution in [0.15, 0.2) is 36.4 Å². The number of hydrogen-bond acceptors (Lipinski definition) is 4. The predicted octanol–water partition coefficient (Wildman–Crippen LogP) is 3.60. The topological polar surface area (TPSA) is 78.4 Å². The molecule has 0 bridgehead atoms. The van der Waals surface area contributed by atoms with E-state index >= 15 is 0 Å². The number of hydrogen-bond donors (Lipinski definition) is 3. The summed E-state index contributed by atoms with van der Waals surface area (Å²) in [7, 11) is 0. The van der Waals surface area contributed by atoms with Crippen LogP contribution in [0.5, 0.6) is 0 Å². The molecule has 1 heterocycles. The first-order valence-corrected chi connectivity index (χ1v) is 9.50. The molecule has 0 aliphatic carbocycles. The molecule has 1 aliphatic rings. The molecule has 30 heavy (non-hydrogen) atoms. The molecule has 0 saturated carbocycles. The number of benzene rings is 2. The minimum atomic E-state index is -4.75. The zero-order chi connectivity index (χ0) is 22.1. The largest absolute Gasteiger partial charge is 0.416 e. The molecule has 0 radical (unpaired) electrons. The van der Waals surface area contributed by atoms with Gasteiger partial charge in [0.05, 0.1) is 16.4 Å². The van der Waals surface area contributed by atoms with E-state index in [1.807, 2.05) is 0 Å². The predicted molar refractivity (Wildman–Crippen MR) is 98.6 cm³/mol. The van der Waals surface area contributed by atoms with Crippen LogP contribution in [0.1, 0.15) is 27.0 Å². The molecule has 0 spiro atoms. The summed E-state index contributed by atoms with van der Waals surface area (Å²) in [6.45, 7) is -0.337. The number of halogens is 5. The Morgan fingerprint density at radius 1 is 1.13 bits per heavy atom. The highest BCUT2D eigenvalue weighted by atomic mass is 32.2. The number of rotatable bonds is 5. The van der Waals surface area contributed by atoms with E-state index in [4.69, 9.17) is 0 Å². The monoisotopic (exact) mass is 446 g/mol. The van der Waals surface area contributed by atoms with Gasteiger partial charge in [-0.15, -0.1) is 0 Å². The van der Waals surface area contributed by atoms with Gasteiger partial charge in [0.2, 0.25) is 0 Å². The van der Waals surface area contributed by atoms with Crippen molar-refractivity contribution in [2.24, 2.45) is 0 Å². The molecule has 160 valence electrons. The molecule has 2 aromatic rings. The van der Waals surface area contributed by atoms with Crippen molar-refractivity contribution in [3.63, 3.8) is 0 Å². The van der Waals surface area contributed by atoms with Gasteiger partial charge in [-0.05, 0) is 36.2 Å². The molecular formula is C19H15F5N2O3S. The van der Waals surface area contributed by atoms with Crippen molar-refractivity contribution in [1.82, 2.24) is 10.6 Å². The Morgan fingerprint density at radius 2 is 1.87 bits per heavy atom. The molecule has 2 amide bonds. The summed E-state index contributed by atoms with van der Waals surface area (Å²) >= 11 is 0.913. The van der Waals surface area contributed by atoms with E-state index in [0.29, 0.717) is 17.7 Å². The van der Waals surface area contributed by atoms with Crippen molar-refractivity contribution < 1.29 is 36.6 Å². The van der Waals surface area contributed by atoms with E-state index < -0.39 is 46.3 Å². The highest BCUT2D eigenvalue weighted by Crippen LogP contribution is 2.30. The number of nitrogens with one attached hydrogen (secondary N) is 2. The van der Waals surface area contributed by atoms with Crippen LogP contribution in [0.2, 0.25) is 0 Å². The summed E-state index contributed by atoms with van der Waals surface area (Å²) in [6, 6.07) is 5.55. The molecular weight excluding hydrogens is 431 g/mol. The summed E-state index contributed by atoms with van der Waals surface area (Å²) in [5.74, 6) is -3.00. The molecule has 3 rings (SSSR count). The van der Waals surface area contributed by atoms with Gasteiger partial charge in [-0.1, -0.05) is 23.9 Å². The molecule has 2 atom stereocenters. The Balaban J connectivity index is 1.68. The third kappa shape index (κ3) is 5.08. The third-order valence-electron chi connectivity index (χ3n) is 4.40. The Bertz CT molecular complexity index is 983. The molecule has 1 aliphatic heterocycles. The Morgan fingerprint density at radius 3 is 2.47 bits per heavy atom. The minimum Gasteiger partial charge on any atom is -0.372 e. The molecule has 1 fully saturated rings. The maximum absolute atomic E-state index is 14.1. The Kier molecular flexibility index (Phi) is 6.32. The van der Waals surface area contributed by atoms with Crippen molar-refractivity contribution in [2.45, 2.75) is 30.6 Å². The Labute approximate surface area is 171 Å². The fourth-order valence-corrected chi connectivity index (χ4v) is 3.81. The van der Waals surface area contributed by atoms with Crippen molar-refractivity contribution in [3.8, 4) is 0 Å². The van der Waals surface area contributed by atoms with Crippen LogP contribution in [0.3, 0.4) is 0 Å². The molecule has 2 aromatic carbocycles. The smallest absolute Gasteiger partial charge is 0.372 e. The molecule has 5 nitrogen and oxygen atoms in total. The number of alkyl halides is 3. The van der Waals surface area contributed by atoms with E-state index in [-0.39, 0.29) is 29.8 Å². The molecule has 3 N–H and O–H groups in total. The summed E-state index contributed by atoms with van der Waals surface area (Å²) in [5.41, 5.74) is -1.18. The first kappa shape index (κ1) is 22.0. The van der Waals surface area contributed by atoms with E-state index in [0.717, 1.165) is 17.8 Å². The van der Waals surface area contributed by atoms with Crippen LogP contribution in [0, 0.1) is 11.6 Å². The normalized spacial score (nSPS) is 18.9. The van der Waals surface area contributed by atoms with E-state index in [9.17, 15) is 36.6 Å². The van der Waals surface area contributed by atoms with Gasteiger partial charge in [-0.3, -0.25) is 9.59 Å². The van der Waals surface area contributed by atoms with Crippen LogP contribution < -0.4 is 10.6 Å². The lowest BCUT2D eigenvalue weighted by atomic mass is 10.0. The lowest BCUT2D eigenvalue weighted by Gasteiger charge is -2.14. The lowest BCUT2D eigenvalue weighted by Crippen LogP contribution is -2.31. The van der Waals surface area contributed by atoms with Crippen LogP contribution in [0.25, 0.3) is 0 Å². The maximum Gasteiger partial charge on any atom is 0.416 e. The second kappa shape index (κ2) is 8.60. The number of carbonyl (C=O) groups is 2. The summed E-state index contributed by atoms with van der Waals surface area (Å²) < 4.78 is 65.8. The summed E-state index contributed by atoms with van der Waals surface area (Å²) in [6.07, 6.45) is -5.54. The van der Waals surface area contributed by atoms with Gasteiger partial charge in [0, 0.05) is 12.1 Å². The standard InChI is InChI=1S/C19H15F5N2O3S/c20-13-4-1-9(6-15-17(28)26-18(29)30-15)5-10(13)8-25-16(27)12-3-2-11(7-14(12)21)19(22,23)24/h1-5,7,15,17,28H,6,8H2,(H,25,27)(H,26,29). The number of amides is 2. The Hall–Kier alpha value is -2.66. The molecule has 11 heteroatoms. The van der Waals surface area contributed by atoms with Gasteiger partial charge in [0.15, 0.2) is 0 Å². The van der Waals surface area contributed by atoms with E-state index in [2.05, 4.69) is 10.6 Å². The van der Waals surface area contributed by atoms with Gasteiger partial charge < -0.3 is 15.7 Å². The lowest BCUT2D eigenvalue weighted by molar-refractivity contribution is -0.137. The minimum absolute atomic E-state index is 0.0601. The average molecular weight is 446 g/mol. The van der Waals surface area contributed by atoms with Crippen molar-refractivity contribution in [2.75, 3.05) is 0 Å². The summed E-state index contributed by atoms with van der Waals surface area (Å²) in [5, 5.41) is 13.5. The molecule has 1 saturated heterocycles. The summed E-state index contributed by atoms with van der Waals surface area (Å²) in [4.78, 5) is 23.4. The third-order valence-corrected chi connectivity index (χ3v) is 5.46. The van der Waals surface area contributed by atoms with Gasteiger partial charge in [0.1, 0.15) is 17.9 Å². The average Bonchev–Trinajstić information content (AvgIpc) is 2.98. The second-order valence-electron chi connectivity index (χ2n) is 6.54.